The van der Waals surface area contributed by atoms with Crippen LogP contribution in [-0.4, -0.2) is 41.9 Å². The molecule has 4 amide bonds. The number of ether oxygens (including phenoxy) is 1. The number of methoxy groups -OCH3 is 1. The highest BCUT2D eigenvalue weighted by atomic mass is 19.1. The molecule has 1 saturated heterocycles. The van der Waals surface area contributed by atoms with Crippen molar-refractivity contribution in [1.29, 1.82) is 0 Å². The Morgan fingerprint density at radius 3 is 2.74 bits per heavy atom. The molecule has 23 heavy (non-hydrogen) atoms. The molecule has 0 aliphatic carbocycles. The molecule has 1 unspecified atom stereocenters. The second-order valence-electron chi connectivity index (χ2n) is 5.24. The third-order valence-electron chi connectivity index (χ3n) is 3.89. The summed E-state index contributed by atoms with van der Waals surface area (Å²) in [6.07, 6.45) is 5.37. The Morgan fingerprint density at radius 1 is 1.43 bits per heavy atom. The summed E-state index contributed by atoms with van der Waals surface area (Å²) in [4.78, 5) is 36.9. The van der Waals surface area contributed by atoms with Crippen molar-refractivity contribution >= 4 is 17.8 Å². The predicted octanol–water partition coefficient (Wildman–Crippen LogP) is 0.00150. The Bertz CT molecular complexity index is 786. The molecule has 2 heterocycles. The highest BCUT2D eigenvalue weighted by Gasteiger charge is 2.48. The molecule has 2 N–H and O–H groups in total. The van der Waals surface area contributed by atoms with Gasteiger partial charge in [0.1, 0.15) is 0 Å². The second-order valence-corrected chi connectivity index (χ2v) is 5.24. The Morgan fingerprint density at radius 2 is 2.17 bits per heavy atom. The van der Waals surface area contributed by atoms with E-state index in [2.05, 4.69) is 11.2 Å². The molecule has 3 rings (SSSR count). The molecule has 1 aromatic carbocycles. The van der Waals surface area contributed by atoms with Gasteiger partial charge in [0.05, 0.1) is 19.2 Å². The average molecular weight is 317 g/mol. The number of hydrogen-bond acceptors (Lipinski definition) is 4. The Kier molecular flexibility index (Phi) is 3.21. The molecule has 0 bridgehead atoms. The van der Waals surface area contributed by atoms with Crippen LogP contribution in [0.1, 0.15) is 15.9 Å². The summed E-state index contributed by atoms with van der Waals surface area (Å²) < 4.78 is 19.1. The first-order valence-electron chi connectivity index (χ1n) is 6.68. The smallest absolute Gasteiger partial charge is 0.323 e. The number of benzene rings is 1. The van der Waals surface area contributed by atoms with E-state index in [1.165, 1.54) is 18.1 Å². The minimum Gasteiger partial charge on any atom is -0.494 e. The topological polar surface area (TPSA) is 87.7 Å². The van der Waals surface area contributed by atoms with Crippen LogP contribution in [0.25, 0.3) is 0 Å². The summed E-state index contributed by atoms with van der Waals surface area (Å²) in [6.45, 7) is -0.169. The zero-order chi connectivity index (χ0) is 16.8. The third-order valence-corrected chi connectivity index (χ3v) is 3.89. The van der Waals surface area contributed by atoms with Crippen LogP contribution in [0, 0.1) is 18.2 Å². The first kappa shape index (κ1) is 14.8. The molecule has 0 spiro atoms. The molecule has 0 aromatic heterocycles. The highest BCUT2D eigenvalue weighted by molar-refractivity contribution is 6.10. The number of nitrogens with one attached hydrogen (secondary N) is 2. The molecule has 1 aromatic rings. The fraction of sp³-hybridized carbons (Fsp3) is 0.267. The van der Waals surface area contributed by atoms with E-state index in [-0.39, 0.29) is 24.4 Å². The largest absolute Gasteiger partial charge is 0.494 e. The second kappa shape index (κ2) is 4.98. The van der Waals surface area contributed by atoms with Crippen molar-refractivity contribution in [1.82, 2.24) is 15.5 Å². The van der Waals surface area contributed by atoms with E-state index >= 15 is 0 Å². The predicted molar refractivity (Wildman–Crippen MR) is 75.9 cm³/mol. The van der Waals surface area contributed by atoms with Gasteiger partial charge in [0.15, 0.2) is 17.1 Å². The highest BCUT2D eigenvalue weighted by Crippen LogP contribution is 2.31. The van der Waals surface area contributed by atoms with Crippen LogP contribution in [-0.2, 0) is 11.3 Å². The molecule has 7 nitrogen and oxygen atoms in total. The van der Waals surface area contributed by atoms with Crippen LogP contribution in [0.3, 0.4) is 0 Å². The lowest BCUT2D eigenvalue weighted by molar-refractivity contribution is -0.122. The van der Waals surface area contributed by atoms with Gasteiger partial charge in [-0.3, -0.25) is 14.9 Å². The summed E-state index contributed by atoms with van der Waals surface area (Å²) in [7, 11) is 1.30. The van der Waals surface area contributed by atoms with E-state index in [1.807, 2.05) is 5.32 Å². The van der Waals surface area contributed by atoms with Crippen molar-refractivity contribution in [3.63, 3.8) is 0 Å². The number of imide groups is 1. The summed E-state index contributed by atoms with van der Waals surface area (Å²) in [5, 5.41) is 4.36. The fourth-order valence-electron chi connectivity index (χ4n) is 2.72. The first-order valence-corrected chi connectivity index (χ1v) is 6.68. The van der Waals surface area contributed by atoms with Crippen LogP contribution < -0.4 is 15.4 Å². The van der Waals surface area contributed by atoms with Gasteiger partial charge in [-0.1, -0.05) is 12.0 Å². The zero-order valence-corrected chi connectivity index (χ0v) is 12.1. The Labute approximate surface area is 130 Å². The SMILES string of the molecule is C#CC1(CN2Cc3ccc(OC)c(F)c3C2=O)NC(=O)NC1=O. The van der Waals surface area contributed by atoms with Crippen molar-refractivity contribution in [3.8, 4) is 18.1 Å². The first-order chi connectivity index (χ1) is 10.9. The van der Waals surface area contributed by atoms with E-state index in [9.17, 15) is 18.8 Å². The van der Waals surface area contributed by atoms with Crippen LogP contribution in [0.5, 0.6) is 5.75 Å². The zero-order valence-electron chi connectivity index (χ0n) is 12.1. The van der Waals surface area contributed by atoms with Gasteiger partial charge in [-0.15, -0.1) is 6.42 Å². The van der Waals surface area contributed by atoms with E-state index in [0.29, 0.717) is 5.56 Å². The van der Waals surface area contributed by atoms with Crippen LogP contribution in [0.4, 0.5) is 9.18 Å². The number of hydrogen-bond donors (Lipinski definition) is 2. The standard InChI is InChI=1S/C15H12FN3O4/c1-3-15(13(21)17-14(22)18-15)7-19-6-8-4-5-9(23-2)11(16)10(8)12(19)20/h1,4-5H,6-7H2,2H3,(H2,17,18,21,22). The maximum atomic E-state index is 14.3. The average Bonchev–Trinajstić information content (AvgIpc) is 2.98. The van der Waals surface area contributed by atoms with Crippen molar-refractivity contribution in [2.45, 2.75) is 12.1 Å². The van der Waals surface area contributed by atoms with E-state index < -0.39 is 29.2 Å². The van der Waals surface area contributed by atoms with Gasteiger partial charge in [-0.25, -0.2) is 9.18 Å². The fourth-order valence-corrected chi connectivity index (χ4v) is 2.72. The van der Waals surface area contributed by atoms with Crippen molar-refractivity contribution < 1.29 is 23.5 Å². The van der Waals surface area contributed by atoms with Crippen LogP contribution >= 0.6 is 0 Å². The molecule has 118 valence electrons. The number of terminal acetylenes is 1. The lowest BCUT2D eigenvalue weighted by Gasteiger charge is -2.26. The number of carbonyl (C=O) groups is 3. The monoisotopic (exact) mass is 317 g/mol. The van der Waals surface area contributed by atoms with Gasteiger partial charge in [0.2, 0.25) is 0 Å². The Balaban J connectivity index is 1.91. The van der Waals surface area contributed by atoms with Gasteiger partial charge >= 0.3 is 6.03 Å². The summed E-state index contributed by atoms with van der Waals surface area (Å²) >= 11 is 0. The number of halogens is 1. The van der Waals surface area contributed by atoms with E-state index in [4.69, 9.17) is 11.2 Å². The minimum absolute atomic E-state index is 0.0440. The van der Waals surface area contributed by atoms with Gasteiger partial charge < -0.3 is 15.0 Å². The lowest BCUT2D eigenvalue weighted by Crippen LogP contribution is -2.54. The summed E-state index contributed by atoms with van der Waals surface area (Å²) in [5.74, 6) is 0.0844. The normalized spacial score (nSPS) is 22.5. The summed E-state index contributed by atoms with van der Waals surface area (Å²) in [5.41, 5.74) is -1.30. The van der Waals surface area contributed by atoms with E-state index in [1.54, 1.807) is 6.07 Å². The maximum Gasteiger partial charge on any atom is 0.323 e. The number of rotatable bonds is 3. The number of amides is 4. The van der Waals surface area contributed by atoms with Gasteiger partial charge in [-0.05, 0) is 11.6 Å². The van der Waals surface area contributed by atoms with Crippen LogP contribution in [0.2, 0.25) is 0 Å². The molecular weight excluding hydrogens is 305 g/mol. The lowest BCUT2D eigenvalue weighted by atomic mass is 10.0. The van der Waals surface area contributed by atoms with Crippen molar-refractivity contribution in [3.05, 3.63) is 29.1 Å². The van der Waals surface area contributed by atoms with Crippen molar-refractivity contribution in [2.75, 3.05) is 13.7 Å². The van der Waals surface area contributed by atoms with Crippen molar-refractivity contribution in [2.24, 2.45) is 0 Å². The molecule has 1 fully saturated rings. The molecule has 0 saturated carbocycles. The number of urea groups is 1. The van der Waals surface area contributed by atoms with Gasteiger partial charge in [0, 0.05) is 6.54 Å². The quantitative estimate of drug-likeness (QED) is 0.607. The molecule has 8 heteroatoms. The number of carbonyl (C=O) groups excluding carboxylic acids is 3. The molecule has 2 aliphatic heterocycles. The molecule has 2 aliphatic rings. The molecule has 1 atom stereocenters. The van der Waals surface area contributed by atoms with Crippen LogP contribution in [0.15, 0.2) is 12.1 Å². The number of fused-ring (bicyclic) bond motifs is 1. The summed E-state index contributed by atoms with van der Waals surface area (Å²) in [6, 6.07) is 2.27. The van der Waals surface area contributed by atoms with E-state index in [0.717, 1.165) is 0 Å². The molecular formula is C15H12FN3O4. The number of nitrogens with zero attached hydrogens (tertiary/aromatic N) is 1. The van der Waals surface area contributed by atoms with Gasteiger partial charge in [-0.2, -0.15) is 0 Å². The third kappa shape index (κ3) is 2.09. The Hall–Kier alpha value is -3.08. The van der Waals surface area contributed by atoms with Gasteiger partial charge in [0.25, 0.3) is 11.8 Å². The maximum absolute atomic E-state index is 14.3. The minimum atomic E-state index is -1.66. The molecule has 0 radical (unpaired) electrons.